The van der Waals surface area contributed by atoms with Gasteiger partial charge in [-0.25, -0.2) is 0 Å². The van der Waals surface area contributed by atoms with Crippen LogP contribution in [0, 0.1) is 0 Å². The molecule has 4 N–H and O–H groups in total. The number of fused-ring (bicyclic) bond motifs is 1. The second kappa shape index (κ2) is 6.30. The van der Waals surface area contributed by atoms with Gasteiger partial charge in [-0.1, -0.05) is 29.8 Å². The number of primary amides is 1. The Labute approximate surface area is 148 Å². The maximum atomic E-state index is 11.6. The van der Waals surface area contributed by atoms with Crippen LogP contribution in [0.25, 0.3) is 5.70 Å². The molecule has 3 atom stereocenters. The van der Waals surface area contributed by atoms with Crippen molar-refractivity contribution in [1.29, 1.82) is 0 Å². The molecule has 24 heavy (non-hydrogen) atoms. The van der Waals surface area contributed by atoms with E-state index in [0.717, 1.165) is 35.6 Å². The highest BCUT2D eigenvalue weighted by Crippen LogP contribution is 2.44. The molecule has 1 aromatic carbocycles. The van der Waals surface area contributed by atoms with E-state index in [2.05, 4.69) is 35.4 Å². The summed E-state index contributed by atoms with van der Waals surface area (Å²) in [5, 5.41) is 6.86. The summed E-state index contributed by atoms with van der Waals surface area (Å²) < 4.78 is 0. The van der Waals surface area contributed by atoms with E-state index in [9.17, 15) is 4.79 Å². The third kappa shape index (κ3) is 3.10. The van der Waals surface area contributed by atoms with E-state index in [0.29, 0.717) is 12.1 Å². The van der Waals surface area contributed by atoms with Gasteiger partial charge in [-0.05, 0) is 32.4 Å². The summed E-state index contributed by atoms with van der Waals surface area (Å²) in [7, 11) is 0. The van der Waals surface area contributed by atoms with Gasteiger partial charge >= 0.3 is 0 Å². The van der Waals surface area contributed by atoms with Crippen LogP contribution >= 0.6 is 11.6 Å². The van der Waals surface area contributed by atoms with Crippen LogP contribution in [0.1, 0.15) is 32.8 Å². The largest absolute Gasteiger partial charge is 0.370 e. The molecular weight excluding hydrogens is 324 g/mol. The number of amides is 1. The predicted octanol–water partition coefficient (Wildman–Crippen LogP) is 2.34. The van der Waals surface area contributed by atoms with Crippen molar-refractivity contribution in [1.82, 2.24) is 10.2 Å². The maximum absolute atomic E-state index is 11.6. The zero-order valence-electron chi connectivity index (χ0n) is 14.4. The van der Waals surface area contributed by atoms with E-state index in [4.69, 9.17) is 17.3 Å². The first-order valence-electron chi connectivity index (χ1n) is 8.37. The smallest absolute Gasteiger partial charge is 0.221 e. The van der Waals surface area contributed by atoms with Crippen molar-refractivity contribution in [2.24, 2.45) is 5.73 Å². The Balaban J connectivity index is 2.10. The summed E-state index contributed by atoms with van der Waals surface area (Å²) in [5.41, 5.74) is 9.57. The molecule has 5 nitrogen and oxygen atoms in total. The van der Waals surface area contributed by atoms with Crippen LogP contribution in [0.15, 0.2) is 29.8 Å². The number of benzene rings is 1. The molecule has 3 rings (SSSR count). The molecule has 6 heteroatoms. The number of piperazine rings is 1. The standard InChI is InChI=1S/C18H25ClN4O/c1-11-9-23(10-12(2)21-11)17-13(3)18(19,8-16(20)24)22-15-7-5-4-6-14(15)17/h4-7,11-12,21-22H,8-10H2,1-3H3,(H2,20,24)/t11-,12+,18?. The topological polar surface area (TPSA) is 70.4 Å². The lowest BCUT2D eigenvalue weighted by Gasteiger charge is -2.45. The van der Waals surface area contributed by atoms with E-state index >= 15 is 0 Å². The number of nitrogens with one attached hydrogen (secondary N) is 2. The van der Waals surface area contributed by atoms with Gasteiger partial charge in [-0.15, -0.1) is 0 Å². The number of hydrogen-bond donors (Lipinski definition) is 3. The first kappa shape index (κ1) is 17.1. The number of hydrogen-bond acceptors (Lipinski definition) is 4. The molecule has 0 bridgehead atoms. The molecule has 1 unspecified atom stereocenters. The first-order chi connectivity index (χ1) is 11.3. The average Bonchev–Trinajstić information content (AvgIpc) is 2.46. The third-order valence-corrected chi connectivity index (χ3v) is 5.27. The quantitative estimate of drug-likeness (QED) is 0.579. The molecule has 1 saturated heterocycles. The molecule has 0 aromatic heterocycles. The minimum atomic E-state index is -0.979. The van der Waals surface area contributed by atoms with Crippen LogP contribution in [-0.4, -0.2) is 41.0 Å². The fraction of sp³-hybridized carbons (Fsp3) is 0.500. The SMILES string of the molecule is CC1=C(N2C[C@@H](C)N[C@@H](C)C2)c2ccccc2NC1(Cl)CC(N)=O. The molecule has 2 heterocycles. The zero-order valence-corrected chi connectivity index (χ0v) is 15.2. The highest BCUT2D eigenvalue weighted by Gasteiger charge is 2.40. The van der Waals surface area contributed by atoms with Crippen molar-refractivity contribution in [3.05, 3.63) is 35.4 Å². The van der Waals surface area contributed by atoms with Crippen LogP contribution in [-0.2, 0) is 4.79 Å². The van der Waals surface area contributed by atoms with E-state index in [1.54, 1.807) is 0 Å². The van der Waals surface area contributed by atoms with Gasteiger partial charge in [0, 0.05) is 42.1 Å². The number of nitrogens with two attached hydrogens (primary N) is 1. The Hall–Kier alpha value is -1.72. The maximum Gasteiger partial charge on any atom is 0.221 e. The van der Waals surface area contributed by atoms with Crippen LogP contribution < -0.4 is 16.4 Å². The number of rotatable bonds is 3. The summed E-state index contributed by atoms with van der Waals surface area (Å²) in [6, 6.07) is 8.86. The minimum Gasteiger partial charge on any atom is -0.370 e. The van der Waals surface area contributed by atoms with Crippen molar-refractivity contribution in [3.8, 4) is 0 Å². The Morgan fingerprint density at radius 3 is 2.58 bits per heavy atom. The first-order valence-corrected chi connectivity index (χ1v) is 8.75. The van der Waals surface area contributed by atoms with Crippen molar-refractivity contribution in [3.63, 3.8) is 0 Å². The van der Waals surface area contributed by atoms with Crippen molar-refractivity contribution >= 4 is 28.9 Å². The molecule has 130 valence electrons. The number of para-hydroxylation sites is 1. The summed E-state index contributed by atoms with van der Waals surface area (Å²) in [5.74, 6) is -0.419. The van der Waals surface area contributed by atoms with Gasteiger partial charge in [0.05, 0.1) is 6.42 Å². The molecule has 2 aliphatic rings. The fourth-order valence-corrected chi connectivity index (χ4v) is 4.15. The van der Waals surface area contributed by atoms with Gasteiger partial charge in [0.15, 0.2) is 0 Å². The molecule has 1 aromatic rings. The van der Waals surface area contributed by atoms with E-state index < -0.39 is 10.9 Å². The van der Waals surface area contributed by atoms with E-state index in [1.807, 2.05) is 25.1 Å². The zero-order chi connectivity index (χ0) is 17.5. The summed E-state index contributed by atoms with van der Waals surface area (Å²) in [6.45, 7) is 8.15. The van der Waals surface area contributed by atoms with Crippen molar-refractivity contribution in [2.75, 3.05) is 18.4 Å². The number of nitrogens with zero attached hydrogens (tertiary/aromatic N) is 1. The van der Waals surface area contributed by atoms with Gasteiger partial charge in [-0.2, -0.15) is 0 Å². The molecule has 1 amide bonds. The molecular formula is C18H25ClN4O. The summed E-state index contributed by atoms with van der Waals surface area (Å²) >= 11 is 6.82. The molecule has 0 spiro atoms. The minimum absolute atomic E-state index is 0.0510. The Kier molecular flexibility index (Phi) is 4.49. The summed E-state index contributed by atoms with van der Waals surface area (Å²) in [6.07, 6.45) is 0.0510. The highest BCUT2D eigenvalue weighted by atomic mass is 35.5. The second-order valence-corrected chi connectivity index (χ2v) is 7.61. The lowest BCUT2D eigenvalue weighted by atomic mass is 9.91. The molecule has 0 saturated carbocycles. The number of carbonyl (C=O) groups excluding carboxylic acids is 1. The monoisotopic (exact) mass is 348 g/mol. The van der Waals surface area contributed by atoms with Crippen LogP contribution in [0.5, 0.6) is 0 Å². The lowest BCUT2D eigenvalue weighted by Crippen LogP contribution is -2.54. The van der Waals surface area contributed by atoms with E-state index in [1.165, 1.54) is 0 Å². The second-order valence-electron chi connectivity index (χ2n) is 6.96. The normalized spacial score (nSPS) is 29.9. The van der Waals surface area contributed by atoms with Crippen LogP contribution in [0.2, 0.25) is 0 Å². The average molecular weight is 349 g/mol. The van der Waals surface area contributed by atoms with E-state index in [-0.39, 0.29) is 6.42 Å². The van der Waals surface area contributed by atoms with Gasteiger partial charge in [-0.3, -0.25) is 4.79 Å². The Morgan fingerprint density at radius 2 is 1.96 bits per heavy atom. The Bertz CT molecular complexity index is 679. The molecule has 0 aliphatic carbocycles. The van der Waals surface area contributed by atoms with Gasteiger partial charge < -0.3 is 21.3 Å². The van der Waals surface area contributed by atoms with Crippen molar-refractivity contribution in [2.45, 2.75) is 44.3 Å². The third-order valence-electron chi connectivity index (χ3n) is 4.76. The fourth-order valence-electron chi connectivity index (χ4n) is 3.83. The van der Waals surface area contributed by atoms with Gasteiger partial charge in [0.1, 0.15) is 5.00 Å². The molecule has 2 aliphatic heterocycles. The Morgan fingerprint density at radius 1 is 1.33 bits per heavy atom. The highest BCUT2D eigenvalue weighted by molar-refractivity contribution is 6.29. The molecule has 1 fully saturated rings. The number of halogens is 1. The van der Waals surface area contributed by atoms with Crippen LogP contribution in [0.3, 0.4) is 0 Å². The number of alkyl halides is 1. The molecule has 0 radical (unpaired) electrons. The summed E-state index contributed by atoms with van der Waals surface area (Å²) in [4.78, 5) is 13.0. The van der Waals surface area contributed by atoms with Crippen LogP contribution in [0.4, 0.5) is 5.69 Å². The predicted molar refractivity (Wildman–Crippen MR) is 98.7 cm³/mol. The lowest BCUT2D eigenvalue weighted by molar-refractivity contribution is -0.118. The number of carbonyl (C=O) groups is 1. The van der Waals surface area contributed by atoms with Gasteiger partial charge in [0.25, 0.3) is 0 Å². The number of anilines is 1. The van der Waals surface area contributed by atoms with Crippen molar-refractivity contribution < 1.29 is 4.79 Å². The van der Waals surface area contributed by atoms with Gasteiger partial charge in [0.2, 0.25) is 5.91 Å².